The number of hydrogen-bond donors (Lipinski definition) is 1. The zero-order valence-electron chi connectivity index (χ0n) is 9.37. The molecule has 1 N–H and O–H groups in total. The van der Waals surface area contributed by atoms with Crippen LogP contribution in [0.4, 0.5) is 14.6 Å². The Morgan fingerprint density at radius 1 is 1.44 bits per heavy atom. The number of hydrogen-bond acceptors (Lipinski definition) is 3. The van der Waals surface area contributed by atoms with Gasteiger partial charge in [-0.25, -0.2) is 13.8 Å². The van der Waals surface area contributed by atoms with Crippen molar-refractivity contribution in [2.75, 3.05) is 18.0 Å². The summed E-state index contributed by atoms with van der Waals surface area (Å²) in [6.45, 7) is 5.47. The van der Waals surface area contributed by atoms with E-state index in [4.69, 9.17) is 0 Å². The predicted molar refractivity (Wildman–Crippen MR) is 58.4 cm³/mol. The van der Waals surface area contributed by atoms with Crippen molar-refractivity contribution in [1.29, 1.82) is 0 Å². The van der Waals surface area contributed by atoms with Crippen molar-refractivity contribution in [1.82, 2.24) is 10.3 Å². The molecule has 0 spiro atoms. The summed E-state index contributed by atoms with van der Waals surface area (Å²) in [4.78, 5) is 5.71. The van der Waals surface area contributed by atoms with E-state index >= 15 is 0 Å². The first-order valence-electron chi connectivity index (χ1n) is 5.39. The lowest BCUT2D eigenvalue weighted by Crippen LogP contribution is -2.55. The van der Waals surface area contributed by atoms with E-state index in [1.54, 1.807) is 0 Å². The Morgan fingerprint density at radius 3 is 2.88 bits per heavy atom. The Kier molecular flexibility index (Phi) is 3.05. The number of rotatable bonds is 1. The molecule has 0 amide bonds. The molecule has 0 saturated carbocycles. The van der Waals surface area contributed by atoms with E-state index in [2.05, 4.69) is 10.3 Å². The summed E-state index contributed by atoms with van der Waals surface area (Å²) in [5.41, 5.74) is 0. The van der Waals surface area contributed by atoms with Gasteiger partial charge in [-0.05, 0) is 13.8 Å². The van der Waals surface area contributed by atoms with E-state index < -0.39 is 11.6 Å². The zero-order chi connectivity index (χ0) is 11.7. The lowest BCUT2D eigenvalue weighted by atomic mass is 10.1. The fourth-order valence-corrected chi connectivity index (χ4v) is 1.94. The maximum Gasteiger partial charge on any atom is 0.168 e. The van der Waals surface area contributed by atoms with Gasteiger partial charge >= 0.3 is 0 Å². The van der Waals surface area contributed by atoms with E-state index in [0.717, 1.165) is 18.8 Å². The second-order valence-electron chi connectivity index (χ2n) is 4.27. The molecular weight excluding hydrogens is 212 g/mol. The van der Waals surface area contributed by atoms with Crippen LogP contribution in [0.2, 0.25) is 0 Å². The lowest BCUT2D eigenvalue weighted by Gasteiger charge is -2.38. The van der Waals surface area contributed by atoms with E-state index in [0.29, 0.717) is 6.54 Å². The highest BCUT2D eigenvalue weighted by molar-refractivity contribution is 5.42. The largest absolute Gasteiger partial charge is 0.349 e. The highest BCUT2D eigenvalue weighted by Crippen LogP contribution is 2.21. The predicted octanol–water partition coefficient (Wildman–Crippen LogP) is 1.55. The van der Waals surface area contributed by atoms with Crippen LogP contribution >= 0.6 is 0 Å². The lowest BCUT2D eigenvalue weighted by molar-refractivity contribution is 0.416. The average Bonchev–Trinajstić information content (AvgIpc) is 2.22. The summed E-state index contributed by atoms with van der Waals surface area (Å²) in [6, 6.07) is 1.31. The number of aromatic nitrogens is 1. The first kappa shape index (κ1) is 11.3. The Bertz CT molecular complexity index is 383. The number of nitrogens with one attached hydrogen (secondary N) is 1. The van der Waals surface area contributed by atoms with Gasteiger partial charge in [-0.3, -0.25) is 0 Å². The molecule has 1 aromatic rings. The van der Waals surface area contributed by atoms with Crippen molar-refractivity contribution in [3.8, 4) is 0 Å². The summed E-state index contributed by atoms with van der Waals surface area (Å²) in [7, 11) is 0. The second kappa shape index (κ2) is 4.33. The average molecular weight is 227 g/mol. The van der Waals surface area contributed by atoms with Crippen molar-refractivity contribution in [2.45, 2.75) is 25.9 Å². The van der Waals surface area contributed by atoms with Gasteiger partial charge in [0.1, 0.15) is 5.82 Å². The minimum absolute atomic E-state index is 0.156. The van der Waals surface area contributed by atoms with Crippen LogP contribution in [0.15, 0.2) is 12.3 Å². The zero-order valence-corrected chi connectivity index (χ0v) is 9.37. The Labute approximate surface area is 93.5 Å². The number of halogens is 2. The third-order valence-electron chi connectivity index (χ3n) is 2.82. The molecule has 1 aromatic heterocycles. The third-order valence-corrected chi connectivity index (χ3v) is 2.82. The van der Waals surface area contributed by atoms with Crippen LogP contribution in [0.5, 0.6) is 0 Å². The number of nitrogens with zero attached hydrogens (tertiary/aromatic N) is 2. The van der Waals surface area contributed by atoms with Gasteiger partial charge in [-0.2, -0.15) is 0 Å². The quantitative estimate of drug-likeness (QED) is 0.789. The monoisotopic (exact) mass is 227 g/mol. The van der Waals surface area contributed by atoms with E-state index in [1.807, 2.05) is 18.7 Å². The highest BCUT2D eigenvalue weighted by atomic mass is 19.1. The minimum atomic E-state index is -0.642. The van der Waals surface area contributed by atoms with Crippen LogP contribution in [-0.4, -0.2) is 30.2 Å². The fraction of sp³-hybridized carbons (Fsp3) is 0.545. The second-order valence-corrected chi connectivity index (χ2v) is 4.27. The SMILES string of the molecule is CC1CN(c2ncc(F)cc2F)C(C)CN1. The summed E-state index contributed by atoms with van der Waals surface area (Å²) in [5.74, 6) is -1.000. The molecule has 1 aliphatic heterocycles. The van der Waals surface area contributed by atoms with Crippen LogP contribution in [0.1, 0.15) is 13.8 Å². The van der Waals surface area contributed by atoms with Crippen molar-refractivity contribution in [3.63, 3.8) is 0 Å². The van der Waals surface area contributed by atoms with Crippen LogP contribution in [0.3, 0.4) is 0 Å². The van der Waals surface area contributed by atoms with Gasteiger partial charge in [0, 0.05) is 31.2 Å². The fourth-order valence-electron chi connectivity index (χ4n) is 1.94. The normalized spacial score (nSPS) is 25.9. The molecule has 2 unspecified atom stereocenters. The third kappa shape index (κ3) is 2.14. The van der Waals surface area contributed by atoms with E-state index in [1.165, 1.54) is 0 Å². The summed E-state index contributed by atoms with van der Waals surface area (Å²) in [6.07, 6.45) is 1.05. The van der Waals surface area contributed by atoms with Crippen molar-refractivity contribution < 1.29 is 8.78 Å². The molecule has 0 aromatic carbocycles. The molecule has 1 aliphatic rings. The first-order chi connectivity index (χ1) is 7.58. The molecule has 88 valence electrons. The van der Waals surface area contributed by atoms with Gasteiger partial charge in [0.2, 0.25) is 0 Å². The van der Waals surface area contributed by atoms with Gasteiger partial charge in [0.15, 0.2) is 11.6 Å². The molecule has 16 heavy (non-hydrogen) atoms. The van der Waals surface area contributed by atoms with Crippen LogP contribution in [-0.2, 0) is 0 Å². The topological polar surface area (TPSA) is 28.2 Å². The van der Waals surface area contributed by atoms with Crippen molar-refractivity contribution in [2.24, 2.45) is 0 Å². The smallest absolute Gasteiger partial charge is 0.168 e. The standard InChI is InChI=1S/C11H15F2N3/c1-7-6-16(8(2)4-14-7)11-10(13)3-9(12)5-15-11/h3,5,7-8,14H,4,6H2,1-2H3. The Hall–Kier alpha value is -1.23. The molecular formula is C11H15F2N3. The molecule has 0 radical (unpaired) electrons. The van der Waals surface area contributed by atoms with Crippen LogP contribution < -0.4 is 10.2 Å². The molecule has 2 rings (SSSR count). The number of piperazine rings is 1. The molecule has 1 saturated heterocycles. The number of pyridine rings is 1. The Morgan fingerprint density at radius 2 is 2.19 bits per heavy atom. The minimum Gasteiger partial charge on any atom is -0.349 e. The summed E-state index contributed by atoms with van der Waals surface area (Å²) in [5, 5.41) is 3.30. The van der Waals surface area contributed by atoms with E-state index in [9.17, 15) is 8.78 Å². The van der Waals surface area contributed by atoms with Gasteiger partial charge in [-0.15, -0.1) is 0 Å². The maximum absolute atomic E-state index is 13.6. The highest BCUT2D eigenvalue weighted by Gasteiger charge is 2.25. The van der Waals surface area contributed by atoms with Crippen molar-refractivity contribution in [3.05, 3.63) is 23.9 Å². The Balaban J connectivity index is 2.28. The molecule has 3 nitrogen and oxygen atoms in total. The summed E-state index contributed by atoms with van der Waals surface area (Å²) >= 11 is 0. The van der Waals surface area contributed by atoms with Crippen LogP contribution in [0.25, 0.3) is 0 Å². The maximum atomic E-state index is 13.6. The molecule has 2 atom stereocenters. The molecule has 0 bridgehead atoms. The van der Waals surface area contributed by atoms with Crippen molar-refractivity contribution >= 4 is 5.82 Å². The van der Waals surface area contributed by atoms with Gasteiger partial charge in [0.05, 0.1) is 6.20 Å². The summed E-state index contributed by atoms with van der Waals surface area (Å²) < 4.78 is 26.3. The first-order valence-corrected chi connectivity index (χ1v) is 5.39. The molecule has 5 heteroatoms. The number of anilines is 1. The van der Waals surface area contributed by atoms with E-state index in [-0.39, 0.29) is 17.9 Å². The van der Waals surface area contributed by atoms with Gasteiger partial charge in [-0.1, -0.05) is 0 Å². The van der Waals surface area contributed by atoms with Gasteiger partial charge in [0.25, 0.3) is 0 Å². The van der Waals surface area contributed by atoms with Crippen LogP contribution in [0, 0.1) is 11.6 Å². The molecule has 2 heterocycles. The molecule has 1 fully saturated rings. The van der Waals surface area contributed by atoms with Gasteiger partial charge < -0.3 is 10.2 Å². The molecule has 0 aliphatic carbocycles.